The van der Waals surface area contributed by atoms with Gasteiger partial charge in [0.1, 0.15) is 23.3 Å². The fourth-order valence-corrected chi connectivity index (χ4v) is 16.4. The molecule has 12 rings (SSSR count). The lowest BCUT2D eigenvalue weighted by atomic mass is 9.39. The molecular formula is C62H76N11O8S+. The number of imide groups is 2. The van der Waals surface area contributed by atoms with E-state index >= 15 is 0 Å². The third kappa shape index (κ3) is 11.4. The Balaban J connectivity index is 0.651. The van der Waals surface area contributed by atoms with Gasteiger partial charge in [0.15, 0.2) is 22.5 Å². The highest BCUT2D eigenvalue weighted by molar-refractivity contribution is 7.22. The third-order valence-corrected chi connectivity index (χ3v) is 19.1. The van der Waals surface area contributed by atoms with Gasteiger partial charge in [0, 0.05) is 54.8 Å². The molecule has 19 nitrogen and oxygen atoms in total. The predicted molar refractivity (Wildman–Crippen MR) is 313 cm³/mol. The maximum absolute atomic E-state index is 13.4. The summed E-state index contributed by atoms with van der Waals surface area (Å²) in [4.78, 5) is 78.6. The summed E-state index contributed by atoms with van der Waals surface area (Å²) in [6, 6.07) is 15.6. The number of likely N-dealkylation sites (N-methyl/N-ethyl adjacent to an activating group) is 1. The molecule has 3 atom stereocenters. The second-order valence-electron chi connectivity index (χ2n) is 25.0. The van der Waals surface area contributed by atoms with Crippen molar-refractivity contribution < 1.29 is 43.9 Å². The average Bonchev–Trinajstić information content (AvgIpc) is 1.46. The molecule has 6 N–H and O–H groups in total. The lowest BCUT2D eigenvalue weighted by molar-refractivity contribution is -0.623. The Bertz CT molecular complexity index is 3350. The minimum Gasteiger partial charge on any atom is -0.493 e. The van der Waals surface area contributed by atoms with Crippen LogP contribution >= 0.6 is 11.3 Å². The number of nitrogens with zero attached hydrogens (tertiary/aromatic N) is 7. The third-order valence-electron chi connectivity index (χ3n) is 18.1. The number of carbonyl (C=O) groups excluding carboxylic acids is 4. The first kappa shape index (κ1) is 56.8. The van der Waals surface area contributed by atoms with E-state index in [0.29, 0.717) is 54.1 Å². The van der Waals surface area contributed by atoms with Crippen LogP contribution in [0.5, 0.6) is 5.75 Å². The highest BCUT2D eigenvalue weighted by Gasteiger charge is 2.66. The Hall–Kier alpha value is -7.00. The first-order valence-electron chi connectivity index (χ1n) is 29.2. The number of carbonyl (C=O) groups is 5. The molecule has 0 spiro atoms. The molecule has 432 valence electrons. The van der Waals surface area contributed by atoms with Gasteiger partial charge in [-0.2, -0.15) is 0 Å². The second-order valence-corrected chi connectivity index (χ2v) is 26.0. The smallest absolute Gasteiger partial charge is 0.355 e. The number of thiazole rings is 1. The van der Waals surface area contributed by atoms with Crippen molar-refractivity contribution in [3.63, 3.8) is 0 Å². The van der Waals surface area contributed by atoms with Crippen LogP contribution in [0, 0.1) is 28.6 Å². The first-order valence-corrected chi connectivity index (χ1v) is 30.1. The van der Waals surface area contributed by atoms with E-state index < -0.39 is 35.6 Å². The summed E-state index contributed by atoms with van der Waals surface area (Å²) >= 11 is 1.56. The highest BCUT2D eigenvalue weighted by atomic mass is 32.1. The second kappa shape index (κ2) is 23.0. The fourth-order valence-electron chi connectivity index (χ4n) is 15.5. The minimum atomic E-state index is -1.15. The molecule has 4 amide bonds. The molecule has 3 aromatic heterocycles. The number of carboxylic acid groups (broad SMARTS) is 1. The van der Waals surface area contributed by atoms with Crippen LogP contribution in [0.25, 0.3) is 15.8 Å². The number of hydrogen-bond donors (Lipinski definition) is 5. The number of pyridine rings is 1. The quantitative estimate of drug-likeness (QED) is 0.0219. The number of carboxylic acids is 1. The van der Waals surface area contributed by atoms with E-state index in [1.54, 1.807) is 35.6 Å². The normalized spacial score (nSPS) is 24.9. The Morgan fingerprint density at radius 1 is 0.902 bits per heavy atom. The van der Waals surface area contributed by atoms with E-state index in [-0.39, 0.29) is 51.5 Å². The van der Waals surface area contributed by atoms with Crippen LogP contribution < -0.4 is 25.6 Å². The van der Waals surface area contributed by atoms with Gasteiger partial charge in [0.05, 0.1) is 52.3 Å². The average molecular weight is 1140 g/mol. The Kier molecular flexibility index (Phi) is 15.9. The molecule has 5 fully saturated rings. The van der Waals surface area contributed by atoms with Gasteiger partial charge in [-0.3, -0.25) is 29.4 Å². The number of unbranched alkanes of at least 4 members (excludes halogenated alkanes) is 5. The van der Waals surface area contributed by atoms with Crippen LogP contribution in [0.4, 0.5) is 22.6 Å². The molecule has 82 heavy (non-hydrogen) atoms. The predicted octanol–water partition coefficient (Wildman–Crippen LogP) is 9.15. The number of aromatic carboxylic acids is 1. The summed E-state index contributed by atoms with van der Waals surface area (Å²) in [7, 11) is 2.18. The largest absolute Gasteiger partial charge is 0.493 e. The topological polar surface area (TPSA) is 250 Å². The van der Waals surface area contributed by atoms with Crippen LogP contribution in [0.2, 0.25) is 0 Å². The monoisotopic (exact) mass is 1130 g/mol. The van der Waals surface area contributed by atoms with Crippen molar-refractivity contribution >= 4 is 85.5 Å². The maximum Gasteiger partial charge on any atom is 0.355 e. The number of rotatable bonds is 24. The highest BCUT2D eigenvalue weighted by Crippen LogP contribution is 2.71. The van der Waals surface area contributed by atoms with Crippen LogP contribution in [0.15, 0.2) is 60.3 Å². The lowest BCUT2D eigenvalue weighted by Crippen LogP contribution is -2.86. The van der Waals surface area contributed by atoms with E-state index in [1.807, 2.05) is 49.1 Å². The van der Waals surface area contributed by atoms with Gasteiger partial charge < -0.3 is 40.4 Å². The molecule has 4 aliphatic carbocycles. The fraction of sp³-hybridized carbons (Fsp3) is 0.516. The number of nitrogens with two attached hydrogens (primary N) is 1. The Morgan fingerprint density at radius 3 is 2.43 bits per heavy atom. The van der Waals surface area contributed by atoms with Crippen molar-refractivity contribution in [2.75, 3.05) is 56.7 Å². The number of ether oxygens (including phenoxy) is 2. The number of allylic oxidation sites excluding steroid dienone is 2. The Labute approximate surface area is 482 Å². The van der Waals surface area contributed by atoms with Crippen molar-refractivity contribution in [2.45, 2.75) is 142 Å². The standard InChI is InChI=1S/C62H75N11O8S/c1-38-40-17-15-26-72(53(40)70-69-52(38)68-58-65-44-18-10-11-20-47(44)82-58)48-23-21-41(51(66-48)57(78)79)43(30-63)39(2)64-37-61-32-59(3)31-60(4,33-61)35-62(34-59,36-61)81-29-27-71(5)25-12-8-6-7-9-13-28-80-46-19-14-16-42-50(46)56(77)73(55(42)76)45-22-24-49(74)67-54(45)75/h10-11,14,16,18-21,23,30,45,63-64H,6-9,12-13,15,17,22,24-29,31-37H2,1-5H3,(H,78,79)(H,65,68,69)(H,67,74,75)/p+1/b43-39+,63-30?. The van der Waals surface area contributed by atoms with Crippen molar-refractivity contribution in [3.8, 4) is 5.75 Å². The molecule has 7 aliphatic rings. The van der Waals surface area contributed by atoms with E-state index in [0.717, 1.165) is 140 Å². The summed E-state index contributed by atoms with van der Waals surface area (Å²) in [5, 5.41) is 37.2. The van der Waals surface area contributed by atoms with Crippen molar-refractivity contribution in [2.24, 2.45) is 16.2 Å². The number of piperidine rings is 1. The summed E-state index contributed by atoms with van der Waals surface area (Å²) in [5.41, 5.74) is 5.23. The number of anilines is 4. The number of fused-ring (bicyclic) bond motifs is 3. The molecule has 3 unspecified atom stereocenters. The minimum absolute atomic E-state index is 0.0371. The molecule has 3 aliphatic heterocycles. The van der Waals surface area contributed by atoms with Crippen LogP contribution in [-0.2, 0) is 20.7 Å². The van der Waals surface area contributed by atoms with E-state index in [1.165, 1.54) is 12.6 Å². The van der Waals surface area contributed by atoms with Gasteiger partial charge in [0.2, 0.25) is 11.8 Å². The van der Waals surface area contributed by atoms with Gasteiger partial charge >= 0.3 is 5.97 Å². The zero-order valence-corrected chi connectivity index (χ0v) is 48.6. The van der Waals surface area contributed by atoms with Gasteiger partial charge in [-0.25, -0.2) is 14.8 Å². The molecule has 2 aromatic carbocycles. The van der Waals surface area contributed by atoms with E-state index in [9.17, 15) is 29.1 Å². The number of quaternary nitrogens is 1. The van der Waals surface area contributed by atoms with Gasteiger partial charge in [-0.1, -0.05) is 69.1 Å². The zero-order valence-electron chi connectivity index (χ0n) is 47.8. The molecule has 4 saturated carbocycles. The summed E-state index contributed by atoms with van der Waals surface area (Å²) in [6.07, 6.45) is 15.8. The van der Waals surface area contributed by atoms with Crippen LogP contribution in [-0.4, -0.2) is 129 Å². The molecule has 0 radical (unpaired) electrons. The molecule has 5 aromatic rings. The first-order chi connectivity index (χ1) is 39.4. The van der Waals surface area contributed by atoms with Crippen molar-refractivity contribution in [1.29, 1.82) is 5.41 Å². The molecule has 1 saturated heterocycles. The lowest BCUT2D eigenvalue weighted by Gasteiger charge is -2.68. The summed E-state index contributed by atoms with van der Waals surface area (Å²) < 4.78 is 14.2. The summed E-state index contributed by atoms with van der Waals surface area (Å²) in [6.45, 7) is 13.3. The van der Waals surface area contributed by atoms with Gasteiger partial charge in [0.25, 0.3) is 11.8 Å². The molecule has 20 heteroatoms. The van der Waals surface area contributed by atoms with Gasteiger partial charge in [-0.05, 0) is 138 Å². The maximum atomic E-state index is 13.4. The Morgan fingerprint density at radius 2 is 1.67 bits per heavy atom. The zero-order chi connectivity index (χ0) is 57.6. The molecular weight excluding hydrogens is 1060 g/mol. The summed E-state index contributed by atoms with van der Waals surface area (Å²) in [5.74, 6) is -1.18. The number of amides is 4. The number of nitrogens with one attached hydrogen (secondary N) is 3. The van der Waals surface area contributed by atoms with E-state index in [2.05, 4.69) is 51.9 Å². The molecule has 4 bridgehead atoms. The number of hydrogen-bond acceptors (Lipinski definition) is 16. The number of aromatic nitrogens is 4. The number of benzene rings is 2. The van der Waals surface area contributed by atoms with Crippen LogP contribution in [0.1, 0.15) is 165 Å². The SMILES string of the molecule is C/C([NH2+]CC12CC3(C)CC(C)(C1)CC(OCCN(C)CCCCCCCCOc1cccc4c1C(=O)N(C1CCC(=O)NC1=O)C4=O)(C3)C2)=C(/C=N)c1ccc(N2CCCc3c2nnc(Nc2nc4ccccc4s2)c3C)nc1C(=O)O. The van der Waals surface area contributed by atoms with E-state index in [4.69, 9.17) is 24.9 Å². The van der Waals surface area contributed by atoms with Crippen molar-refractivity contribution in [1.82, 2.24) is 35.3 Å². The number of para-hydroxylation sites is 1. The van der Waals surface area contributed by atoms with Gasteiger partial charge in [-0.15, -0.1) is 10.2 Å². The molecule has 6 heterocycles. The van der Waals surface area contributed by atoms with Crippen LogP contribution in [0.3, 0.4) is 0 Å². The van der Waals surface area contributed by atoms with Crippen molar-refractivity contribution in [3.05, 3.63) is 93.8 Å².